The summed E-state index contributed by atoms with van der Waals surface area (Å²) in [5, 5.41) is 0. The molecule has 0 N–H and O–H groups in total. The van der Waals surface area contributed by atoms with Crippen molar-refractivity contribution in [2.45, 2.75) is 19.8 Å². The Hall–Kier alpha value is -0.990. The van der Waals surface area contributed by atoms with Crippen molar-refractivity contribution < 1.29 is 14.3 Å². The molecule has 0 heterocycles. The number of unbranched alkanes of at least 4 members (excludes halogenated alkanes) is 1. The average molecular weight is 158 g/mol. The molecule has 0 aromatic rings. The lowest BCUT2D eigenvalue weighted by molar-refractivity contribution is -0.147. The number of ether oxygens (including phenoxy) is 2. The molecule has 0 radical (unpaired) electrons. The second-order valence-electron chi connectivity index (χ2n) is 2.05. The van der Waals surface area contributed by atoms with E-state index in [1.165, 1.54) is 6.26 Å². The van der Waals surface area contributed by atoms with Crippen molar-refractivity contribution in [3.05, 3.63) is 12.8 Å². The van der Waals surface area contributed by atoms with Crippen LogP contribution in [0.1, 0.15) is 19.8 Å². The van der Waals surface area contributed by atoms with E-state index in [2.05, 4.69) is 11.3 Å². The van der Waals surface area contributed by atoms with Gasteiger partial charge in [-0.2, -0.15) is 0 Å². The zero-order valence-electron chi connectivity index (χ0n) is 6.84. The molecule has 0 saturated heterocycles. The lowest BCUT2D eigenvalue weighted by atomic mass is 10.4. The topological polar surface area (TPSA) is 35.5 Å². The van der Waals surface area contributed by atoms with E-state index >= 15 is 0 Å². The van der Waals surface area contributed by atoms with Gasteiger partial charge in [-0.15, -0.1) is 0 Å². The van der Waals surface area contributed by atoms with Crippen LogP contribution in [0.4, 0.5) is 0 Å². The molecule has 3 nitrogen and oxygen atoms in total. The summed E-state index contributed by atoms with van der Waals surface area (Å²) in [7, 11) is 0. The molecule has 0 aliphatic carbocycles. The summed E-state index contributed by atoms with van der Waals surface area (Å²) < 4.78 is 9.39. The van der Waals surface area contributed by atoms with Gasteiger partial charge in [0.2, 0.25) is 0 Å². The van der Waals surface area contributed by atoms with E-state index in [0.29, 0.717) is 6.61 Å². The van der Waals surface area contributed by atoms with Gasteiger partial charge in [-0.1, -0.05) is 19.9 Å². The molecule has 0 amide bonds. The lowest BCUT2D eigenvalue weighted by Crippen LogP contribution is -2.11. The van der Waals surface area contributed by atoms with Gasteiger partial charge in [0.15, 0.2) is 6.61 Å². The minimum Gasteiger partial charge on any atom is -0.490 e. The predicted molar refractivity (Wildman–Crippen MR) is 42.0 cm³/mol. The van der Waals surface area contributed by atoms with Gasteiger partial charge in [-0.3, -0.25) is 0 Å². The maximum absolute atomic E-state index is 10.7. The number of esters is 1. The first-order valence-corrected chi connectivity index (χ1v) is 3.69. The Morgan fingerprint density at radius 1 is 1.64 bits per heavy atom. The highest BCUT2D eigenvalue weighted by molar-refractivity contribution is 5.70. The summed E-state index contributed by atoms with van der Waals surface area (Å²) in [6.07, 6.45) is 3.15. The average Bonchev–Trinajstić information content (AvgIpc) is 2.01. The zero-order chi connectivity index (χ0) is 8.53. The zero-order valence-corrected chi connectivity index (χ0v) is 6.84. The Labute approximate surface area is 67.0 Å². The van der Waals surface area contributed by atoms with Gasteiger partial charge in [0.25, 0.3) is 0 Å². The Morgan fingerprint density at radius 3 is 2.91 bits per heavy atom. The smallest absolute Gasteiger partial charge is 0.344 e. The van der Waals surface area contributed by atoms with E-state index in [1.807, 2.05) is 6.92 Å². The summed E-state index contributed by atoms with van der Waals surface area (Å²) >= 11 is 0. The van der Waals surface area contributed by atoms with E-state index in [4.69, 9.17) is 4.74 Å². The molecule has 0 spiro atoms. The van der Waals surface area contributed by atoms with E-state index in [-0.39, 0.29) is 12.6 Å². The van der Waals surface area contributed by atoms with Crippen LogP contribution in [0.25, 0.3) is 0 Å². The van der Waals surface area contributed by atoms with Crippen LogP contribution in [0.15, 0.2) is 12.8 Å². The molecule has 64 valence electrons. The first kappa shape index (κ1) is 10.0. The van der Waals surface area contributed by atoms with Crippen LogP contribution in [0, 0.1) is 0 Å². The van der Waals surface area contributed by atoms with Gasteiger partial charge in [-0.25, -0.2) is 4.79 Å². The highest BCUT2D eigenvalue weighted by atomic mass is 16.6. The summed E-state index contributed by atoms with van der Waals surface area (Å²) in [6.45, 7) is 5.78. The quantitative estimate of drug-likeness (QED) is 0.334. The minimum atomic E-state index is -0.335. The van der Waals surface area contributed by atoms with Crippen molar-refractivity contribution in [3.63, 3.8) is 0 Å². The summed E-state index contributed by atoms with van der Waals surface area (Å²) in [5.41, 5.74) is 0. The van der Waals surface area contributed by atoms with E-state index in [9.17, 15) is 4.79 Å². The molecular weight excluding hydrogens is 144 g/mol. The molecular formula is C8H14O3. The van der Waals surface area contributed by atoms with Gasteiger partial charge < -0.3 is 9.47 Å². The van der Waals surface area contributed by atoms with Crippen LogP contribution in [-0.4, -0.2) is 19.2 Å². The molecule has 0 aromatic heterocycles. The molecule has 0 unspecified atom stereocenters. The summed E-state index contributed by atoms with van der Waals surface area (Å²) in [4.78, 5) is 10.7. The molecule has 0 rings (SSSR count). The van der Waals surface area contributed by atoms with Crippen LogP contribution in [0.3, 0.4) is 0 Å². The summed E-state index contributed by atoms with van der Waals surface area (Å²) in [5.74, 6) is -0.335. The maximum Gasteiger partial charge on any atom is 0.344 e. The highest BCUT2D eigenvalue weighted by Gasteiger charge is 1.99. The van der Waals surface area contributed by atoms with Gasteiger partial charge >= 0.3 is 5.97 Å². The molecule has 0 fully saturated rings. The number of hydrogen-bond donors (Lipinski definition) is 0. The molecule has 0 aliphatic heterocycles. The largest absolute Gasteiger partial charge is 0.490 e. The van der Waals surface area contributed by atoms with Crippen LogP contribution >= 0.6 is 0 Å². The SMILES string of the molecule is C=COCC(=O)OCCCC. The second kappa shape index (κ2) is 7.12. The van der Waals surface area contributed by atoms with Crippen molar-refractivity contribution in [3.8, 4) is 0 Å². The van der Waals surface area contributed by atoms with E-state index in [1.54, 1.807) is 0 Å². The van der Waals surface area contributed by atoms with Crippen molar-refractivity contribution in [2.75, 3.05) is 13.2 Å². The second-order valence-corrected chi connectivity index (χ2v) is 2.05. The Balaban J connectivity index is 3.15. The fourth-order valence-corrected chi connectivity index (χ4v) is 0.499. The standard InChI is InChI=1S/C8H14O3/c1-3-5-6-11-8(9)7-10-4-2/h4H,2-3,5-7H2,1H3. The normalized spacial score (nSPS) is 8.82. The number of hydrogen-bond acceptors (Lipinski definition) is 3. The number of rotatable bonds is 6. The molecule has 0 saturated carbocycles. The van der Waals surface area contributed by atoms with Crippen LogP contribution in [0.5, 0.6) is 0 Å². The minimum absolute atomic E-state index is 0.0345. The fraction of sp³-hybridized carbons (Fsp3) is 0.625. The monoisotopic (exact) mass is 158 g/mol. The first-order valence-electron chi connectivity index (χ1n) is 3.69. The highest BCUT2D eigenvalue weighted by Crippen LogP contribution is 1.89. The first-order chi connectivity index (χ1) is 5.31. The molecule has 0 atom stereocenters. The third kappa shape index (κ3) is 6.90. The molecule has 0 aromatic carbocycles. The van der Waals surface area contributed by atoms with Crippen molar-refractivity contribution in [2.24, 2.45) is 0 Å². The Kier molecular flexibility index (Phi) is 6.48. The van der Waals surface area contributed by atoms with Gasteiger partial charge in [0.05, 0.1) is 12.9 Å². The predicted octanol–water partition coefficient (Wildman–Crippen LogP) is 1.49. The molecule has 11 heavy (non-hydrogen) atoms. The van der Waals surface area contributed by atoms with Crippen molar-refractivity contribution in [1.82, 2.24) is 0 Å². The maximum atomic E-state index is 10.7. The third-order valence-electron chi connectivity index (χ3n) is 1.08. The van der Waals surface area contributed by atoms with E-state index in [0.717, 1.165) is 12.8 Å². The third-order valence-corrected chi connectivity index (χ3v) is 1.08. The summed E-state index contributed by atoms with van der Waals surface area (Å²) in [6, 6.07) is 0. The molecule has 0 aliphatic rings. The van der Waals surface area contributed by atoms with Crippen LogP contribution in [-0.2, 0) is 14.3 Å². The fourth-order valence-electron chi connectivity index (χ4n) is 0.499. The Bertz CT molecular complexity index is 121. The van der Waals surface area contributed by atoms with E-state index < -0.39 is 0 Å². The Morgan fingerprint density at radius 2 is 2.36 bits per heavy atom. The van der Waals surface area contributed by atoms with Crippen molar-refractivity contribution >= 4 is 5.97 Å². The molecule has 3 heteroatoms. The van der Waals surface area contributed by atoms with Crippen molar-refractivity contribution in [1.29, 1.82) is 0 Å². The van der Waals surface area contributed by atoms with Gasteiger partial charge in [0, 0.05) is 0 Å². The van der Waals surface area contributed by atoms with Gasteiger partial charge in [0.1, 0.15) is 0 Å². The number of carbonyl (C=O) groups is 1. The number of carbonyl (C=O) groups excluding carboxylic acids is 1. The van der Waals surface area contributed by atoms with Gasteiger partial charge in [-0.05, 0) is 6.42 Å². The van der Waals surface area contributed by atoms with Crippen LogP contribution in [0.2, 0.25) is 0 Å². The molecule has 0 bridgehead atoms. The lowest BCUT2D eigenvalue weighted by Gasteiger charge is -2.02. The van der Waals surface area contributed by atoms with Crippen LogP contribution < -0.4 is 0 Å².